The van der Waals surface area contributed by atoms with Crippen molar-refractivity contribution in [2.24, 2.45) is 4.99 Å². The second-order valence-electron chi connectivity index (χ2n) is 7.57. The summed E-state index contributed by atoms with van der Waals surface area (Å²) in [4.78, 5) is 10.4. The molecule has 0 spiro atoms. The summed E-state index contributed by atoms with van der Waals surface area (Å²) < 4.78 is 10.8. The van der Waals surface area contributed by atoms with E-state index in [1.807, 2.05) is 30.8 Å². The predicted molar refractivity (Wildman–Crippen MR) is 129 cm³/mol. The smallest absolute Gasteiger partial charge is 0.198 e. The van der Waals surface area contributed by atoms with Gasteiger partial charge < -0.3 is 19.6 Å². The van der Waals surface area contributed by atoms with Gasteiger partial charge in [0.2, 0.25) is 0 Å². The Bertz CT molecular complexity index is 1070. The van der Waals surface area contributed by atoms with Gasteiger partial charge in [0.15, 0.2) is 17.4 Å². The standard InChI is InChI=1S/C24H29N3O3S/c1-4-19(23-18-13-21(29-2)22(30-3)14-20(18)26-24(23)28)25-17-7-5-16(6-8-17)15-27-9-11-31-12-10-27/h5-8,13-14,26,28H,4,9-12,15H2,1-3H3. The maximum atomic E-state index is 10.6. The largest absolute Gasteiger partial charge is 0.494 e. The molecule has 0 unspecified atom stereocenters. The van der Waals surface area contributed by atoms with Crippen LogP contribution in [0.5, 0.6) is 17.4 Å². The molecule has 0 saturated carbocycles. The highest BCUT2D eigenvalue weighted by molar-refractivity contribution is 7.99. The number of methoxy groups -OCH3 is 2. The Morgan fingerprint density at radius 3 is 2.42 bits per heavy atom. The van der Waals surface area contributed by atoms with Crippen molar-refractivity contribution in [2.45, 2.75) is 19.9 Å². The number of aromatic hydroxyl groups is 1. The van der Waals surface area contributed by atoms with Crippen molar-refractivity contribution in [1.82, 2.24) is 9.88 Å². The van der Waals surface area contributed by atoms with Gasteiger partial charge in [-0.1, -0.05) is 19.1 Å². The molecular formula is C24H29N3O3S. The normalized spacial score (nSPS) is 15.4. The van der Waals surface area contributed by atoms with E-state index in [9.17, 15) is 5.11 Å². The molecule has 0 radical (unpaired) electrons. The number of hydrogen-bond acceptors (Lipinski definition) is 6. The summed E-state index contributed by atoms with van der Waals surface area (Å²) in [6.07, 6.45) is 0.683. The first kappa shape index (κ1) is 21.6. The molecule has 2 aromatic carbocycles. The molecule has 0 bridgehead atoms. The first-order valence-electron chi connectivity index (χ1n) is 10.6. The van der Waals surface area contributed by atoms with Crippen LogP contribution in [0.4, 0.5) is 5.69 Å². The lowest BCUT2D eigenvalue weighted by molar-refractivity contribution is 0.294. The number of aromatic amines is 1. The maximum Gasteiger partial charge on any atom is 0.198 e. The van der Waals surface area contributed by atoms with Crippen LogP contribution >= 0.6 is 11.8 Å². The Kier molecular flexibility index (Phi) is 6.73. The minimum absolute atomic E-state index is 0.102. The second kappa shape index (κ2) is 9.66. The van der Waals surface area contributed by atoms with Crippen LogP contribution in [0, 0.1) is 0 Å². The van der Waals surface area contributed by atoms with Gasteiger partial charge >= 0.3 is 0 Å². The van der Waals surface area contributed by atoms with E-state index in [0.717, 1.165) is 41.9 Å². The fourth-order valence-corrected chi connectivity index (χ4v) is 4.94. The average molecular weight is 440 g/mol. The number of nitrogens with one attached hydrogen (secondary N) is 1. The molecule has 2 heterocycles. The van der Waals surface area contributed by atoms with Gasteiger partial charge in [0.25, 0.3) is 0 Å². The van der Waals surface area contributed by atoms with Crippen molar-refractivity contribution >= 4 is 34.1 Å². The van der Waals surface area contributed by atoms with E-state index < -0.39 is 0 Å². The lowest BCUT2D eigenvalue weighted by Crippen LogP contribution is -2.31. The average Bonchev–Trinajstić information content (AvgIpc) is 3.12. The van der Waals surface area contributed by atoms with Crippen LogP contribution in [-0.4, -0.2) is 59.5 Å². The minimum atomic E-state index is 0.102. The molecule has 1 fully saturated rings. The van der Waals surface area contributed by atoms with Gasteiger partial charge in [-0.3, -0.25) is 9.89 Å². The van der Waals surface area contributed by atoms with Crippen molar-refractivity contribution in [3.05, 3.63) is 47.5 Å². The summed E-state index contributed by atoms with van der Waals surface area (Å²) in [7, 11) is 3.20. The van der Waals surface area contributed by atoms with Crippen LogP contribution in [-0.2, 0) is 6.54 Å². The van der Waals surface area contributed by atoms with E-state index in [4.69, 9.17) is 14.5 Å². The van der Waals surface area contributed by atoms with Crippen LogP contribution in [0.2, 0.25) is 0 Å². The number of rotatable bonds is 7. The highest BCUT2D eigenvalue weighted by atomic mass is 32.2. The first-order chi connectivity index (χ1) is 15.1. The van der Waals surface area contributed by atoms with Gasteiger partial charge in [0.1, 0.15) is 0 Å². The Labute approximate surface area is 187 Å². The summed E-state index contributed by atoms with van der Waals surface area (Å²) in [6, 6.07) is 12.1. The highest BCUT2D eigenvalue weighted by Crippen LogP contribution is 2.37. The zero-order valence-corrected chi connectivity index (χ0v) is 19.1. The lowest BCUT2D eigenvalue weighted by atomic mass is 10.1. The Morgan fingerprint density at radius 2 is 1.77 bits per heavy atom. The zero-order valence-electron chi connectivity index (χ0n) is 18.3. The van der Waals surface area contributed by atoms with Crippen molar-refractivity contribution in [3.63, 3.8) is 0 Å². The molecule has 1 aromatic heterocycles. The van der Waals surface area contributed by atoms with E-state index >= 15 is 0 Å². The number of hydrogen-bond donors (Lipinski definition) is 2. The molecule has 7 heteroatoms. The van der Waals surface area contributed by atoms with Gasteiger partial charge in [0.05, 0.1) is 36.7 Å². The monoisotopic (exact) mass is 439 g/mol. The molecule has 1 aliphatic rings. The molecule has 0 amide bonds. The number of fused-ring (bicyclic) bond motifs is 1. The fourth-order valence-electron chi connectivity index (χ4n) is 3.96. The molecule has 0 aliphatic carbocycles. The Balaban J connectivity index is 1.63. The summed E-state index contributed by atoms with van der Waals surface area (Å²) in [5.41, 5.74) is 4.48. The van der Waals surface area contributed by atoms with Crippen LogP contribution < -0.4 is 9.47 Å². The topological polar surface area (TPSA) is 70.1 Å². The van der Waals surface area contributed by atoms with E-state index in [1.165, 1.54) is 17.1 Å². The summed E-state index contributed by atoms with van der Waals surface area (Å²) in [6.45, 7) is 5.33. The van der Waals surface area contributed by atoms with E-state index in [-0.39, 0.29) is 5.88 Å². The van der Waals surface area contributed by atoms with Crippen LogP contribution in [0.3, 0.4) is 0 Å². The molecule has 2 N–H and O–H groups in total. The number of benzene rings is 2. The van der Waals surface area contributed by atoms with Gasteiger partial charge in [0, 0.05) is 42.6 Å². The number of thioether (sulfide) groups is 1. The molecule has 4 rings (SSSR count). The molecule has 3 aromatic rings. The molecule has 1 saturated heterocycles. The number of ether oxygens (including phenoxy) is 2. The predicted octanol–water partition coefficient (Wildman–Crippen LogP) is 4.97. The Morgan fingerprint density at radius 1 is 1.10 bits per heavy atom. The summed E-state index contributed by atoms with van der Waals surface area (Å²) in [5.74, 6) is 3.76. The third-order valence-corrected chi connectivity index (χ3v) is 6.56. The zero-order chi connectivity index (χ0) is 21.8. The first-order valence-corrected chi connectivity index (χ1v) is 11.7. The van der Waals surface area contributed by atoms with E-state index in [0.29, 0.717) is 23.5 Å². The SMILES string of the molecule is CCC(=Nc1ccc(CN2CCSCC2)cc1)c1c(O)[nH]c2cc(OC)c(OC)cc12. The number of nitrogens with zero attached hydrogens (tertiary/aromatic N) is 2. The molecule has 0 atom stereocenters. The number of aliphatic imine (C=N–C) groups is 1. The van der Waals surface area contributed by atoms with Gasteiger partial charge in [-0.15, -0.1) is 0 Å². The Hall–Kier alpha value is -2.64. The number of H-pyrrole nitrogens is 1. The summed E-state index contributed by atoms with van der Waals surface area (Å²) >= 11 is 2.03. The second-order valence-corrected chi connectivity index (χ2v) is 8.79. The molecule has 6 nitrogen and oxygen atoms in total. The van der Waals surface area contributed by atoms with Gasteiger partial charge in [-0.25, -0.2) is 0 Å². The third-order valence-electron chi connectivity index (χ3n) is 5.62. The van der Waals surface area contributed by atoms with Crippen molar-refractivity contribution in [2.75, 3.05) is 38.8 Å². The lowest BCUT2D eigenvalue weighted by Gasteiger charge is -2.26. The fraction of sp³-hybridized carbons (Fsp3) is 0.375. The molecule has 164 valence electrons. The molecular weight excluding hydrogens is 410 g/mol. The van der Waals surface area contributed by atoms with Crippen LogP contribution in [0.1, 0.15) is 24.5 Å². The highest BCUT2D eigenvalue weighted by Gasteiger charge is 2.19. The quantitative estimate of drug-likeness (QED) is 0.509. The van der Waals surface area contributed by atoms with Gasteiger partial charge in [-0.05, 0) is 30.2 Å². The van der Waals surface area contributed by atoms with Crippen LogP contribution in [0.15, 0.2) is 41.4 Å². The van der Waals surface area contributed by atoms with Gasteiger partial charge in [-0.2, -0.15) is 11.8 Å². The van der Waals surface area contributed by atoms with Crippen molar-refractivity contribution in [1.29, 1.82) is 0 Å². The minimum Gasteiger partial charge on any atom is -0.494 e. The third kappa shape index (κ3) is 4.67. The molecule has 1 aliphatic heterocycles. The molecule has 31 heavy (non-hydrogen) atoms. The van der Waals surface area contributed by atoms with Crippen LogP contribution in [0.25, 0.3) is 10.9 Å². The van der Waals surface area contributed by atoms with E-state index in [1.54, 1.807) is 14.2 Å². The van der Waals surface area contributed by atoms with Crippen molar-refractivity contribution in [3.8, 4) is 17.4 Å². The van der Waals surface area contributed by atoms with E-state index in [2.05, 4.69) is 34.1 Å². The van der Waals surface area contributed by atoms with Crippen molar-refractivity contribution < 1.29 is 14.6 Å². The number of aromatic nitrogens is 1. The maximum absolute atomic E-state index is 10.6. The summed E-state index contributed by atoms with van der Waals surface area (Å²) in [5, 5.41) is 11.5.